The molecule has 4 N–H and O–H groups in total. The van der Waals surface area contributed by atoms with E-state index in [2.05, 4.69) is 11.1 Å². The smallest absolute Gasteiger partial charge is 0.304 e. The fourth-order valence-electron chi connectivity index (χ4n) is 0.662. The van der Waals surface area contributed by atoms with Gasteiger partial charge in [-0.25, -0.2) is 0 Å². The fraction of sp³-hybridized carbons (Fsp3) is 0.900. The van der Waals surface area contributed by atoms with Crippen molar-refractivity contribution in [3.8, 4) is 0 Å². The van der Waals surface area contributed by atoms with Gasteiger partial charge < -0.3 is 20.9 Å². The fourth-order valence-corrected chi connectivity index (χ4v) is 0.662. The molecule has 0 aromatic rings. The number of ether oxygens (including phenoxy) is 1. The molecule has 0 rings (SSSR count). The summed E-state index contributed by atoms with van der Waals surface area (Å²) in [6, 6.07) is 0. The van der Waals surface area contributed by atoms with Crippen molar-refractivity contribution in [2.45, 2.75) is 26.7 Å². The van der Waals surface area contributed by atoms with E-state index in [1.54, 1.807) is 7.11 Å². The molecule has 0 saturated carbocycles. The summed E-state index contributed by atoms with van der Waals surface area (Å²) < 4.78 is 4.81. The van der Waals surface area contributed by atoms with Crippen LogP contribution in [0.1, 0.15) is 26.7 Å². The van der Waals surface area contributed by atoms with Gasteiger partial charge in [-0.2, -0.15) is 0 Å². The van der Waals surface area contributed by atoms with Crippen LogP contribution >= 0.6 is 0 Å². The number of carboxylic acids is 1. The second-order valence-corrected chi connectivity index (χ2v) is 2.24. The standard InChI is InChI=1S/C7H15NO3.C2H6.CH5N/c1-11-6-2-4-8-5-3-7(9)10;2*1-2/h8H,2-6H2,1H3,(H,9,10);1-2H3;2H2,1H3. The molecule has 0 aliphatic rings. The van der Waals surface area contributed by atoms with E-state index in [0.717, 1.165) is 19.6 Å². The molecule has 0 unspecified atom stereocenters. The zero-order chi connectivity index (χ0) is 12.5. The molecule has 0 amide bonds. The van der Waals surface area contributed by atoms with Crippen LogP contribution in [0.5, 0.6) is 0 Å². The quantitative estimate of drug-likeness (QED) is 0.552. The van der Waals surface area contributed by atoms with Gasteiger partial charge in [-0.15, -0.1) is 0 Å². The van der Waals surface area contributed by atoms with Gasteiger partial charge >= 0.3 is 5.97 Å². The molecule has 0 spiro atoms. The van der Waals surface area contributed by atoms with E-state index < -0.39 is 5.97 Å². The number of nitrogens with two attached hydrogens (primary N) is 1. The molecular formula is C10H26N2O3. The zero-order valence-corrected chi connectivity index (χ0v) is 10.4. The molecule has 15 heavy (non-hydrogen) atoms. The van der Waals surface area contributed by atoms with Gasteiger partial charge in [0, 0.05) is 20.3 Å². The predicted molar refractivity (Wildman–Crippen MR) is 63.1 cm³/mol. The second-order valence-electron chi connectivity index (χ2n) is 2.24. The van der Waals surface area contributed by atoms with Gasteiger partial charge in [-0.3, -0.25) is 4.79 Å². The van der Waals surface area contributed by atoms with Gasteiger partial charge in [0.15, 0.2) is 0 Å². The molecule has 0 bridgehead atoms. The molecule has 0 aromatic carbocycles. The number of hydrogen-bond donors (Lipinski definition) is 3. The Hall–Kier alpha value is -0.650. The maximum Gasteiger partial charge on any atom is 0.304 e. The average molecular weight is 222 g/mol. The van der Waals surface area contributed by atoms with Crippen molar-refractivity contribution in [1.29, 1.82) is 0 Å². The van der Waals surface area contributed by atoms with E-state index in [1.807, 2.05) is 13.8 Å². The van der Waals surface area contributed by atoms with E-state index in [9.17, 15) is 4.79 Å². The summed E-state index contributed by atoms with van der Waals surface area (Å²) >= 11 is 0. The van der Waals surface area contributed by atoms with Crippen LogP contribution in [0.25, 0.3) is 0 Å². The molecule has 0 aromatic heterocycles. The van der Waals surface area contributed by atoms with E-state index >= 15 is 0 Å². The van der Waals surface area contributed by atoms with Crippen LogP contribution in [0.3, 0.4) is 0 Å². The minimum atomic E-state index is -0.760. The Balaban J connectivity index is -0.000000318. The zero-order valence-electron chi connectivity index (χ0n) is 10.4. The average Bonchev–Trinajstić information content (AvgIpc) is 2.28. The minimum Gasteiger partial charge on any atom is -0.481 e. The minimum absolute atomic E-state index is 0.187. The van der Waals surface area contributed by atoms with Crippen LogP contribution in [-0.2, 0) is 9.53 Å². The normalized spacial score (nSPS) is 8.07. The summed E-state index contributed by atoms with van der Waals surface area (Å²) in [6.45, 7) is 6.08. The number of carboxylic acid groups (broad SMARTS) is 1. The number of hydrogen-bond acceptors (Lipinski definition) is 4. The summed E-state index contributed by atoms with van der Waals surface area (Å²) in [5.74, 6) is -0.760. The lowest BCUT2D eigenvalue weighted by Gasteiger charge is -2.00. The number of rotatable bonds is 7. The number of nitrogens with one attached hydrogen (secondary N) is 1. The first-order valence-electron chi connectivity index (χ1n) is 5.26. The van der Waals surface area contributed by atoms with Gasteiger partial charge in [0.2, 0.25) is 0 Å². The highest BCUT2D eigenvalue weighted by atomic mass is 16.5. The van der Waals surface area contributed by atoms with Crippen LogP contribution in [0, 0.1) is 0 Å². The van der Waals surface area contributed by atoms with Gasteiger partial charge in [-0.1, -0.05) is 13.8 Å². The van der Waals surface area contributed by atoms with E-state index in [-0.39, 0.29) is 6.42 Å². The Morgan fingerprint density at radius 2 is 1.87 bits per heavy atom. The molecule has 0 heterocycles. The Kier molecular flexibility index (Phi) is 30.8. The number of aliphatic carboxylic acids is 1. The molecule has 0 saturated heterocycles. The third-order valence-corrected chi connectivity index (χ3v) is 1.22. The summed E-state index contributed by atoms with van der Waals surface area (Å²) in [6.07, 6.45) is 1.11. The summed E-state index contributed by atoms with van der Waals surface area (Å²) in [7, 11) is 3.15. The van der Waals surface area contributed by atoms with E-state index in [4.69, 9.17) is 9.84 Å². The van der Waals surface area contributed by atoms with Crippen molar-refractivity contribution >= 4 is 5.97 Å². The molecule has 5 nitrogen and oxygen atoms in total. The molecule has 0 aliphatic heterocycles. The highest BCUT2D eigenvalue weighted by Gasteiger charge is 1.94. The molecule has 0 atom stereocenters. The lowest BCUT2D eigenvalue weighted by molar-refractivity contribution is -0.136. The van der Waals surface area contributed by atoms with Crippen molar-refractivity contribution in [3.05, 3.63) is 0 Å². The number of methoxy groups -OCH3 is 1. The van der Waals surface area contributed by atoms with Crippen molar-refractivity contribution in [1.82, 2.24) is 5.32 Å². The maximum atomic E-state index is 10.0. The molecule has 0 aliphatic carbocycles. The predicted octanol–water partition coefficient (Wildman–Crippen LogP) is 0.688. The monoisotopic (exact) mass is 222 g/mol. The Labute approximate surface area is 93.0 Å². The Morgan fingerprint density at radius 3 is 2.27 bits per heavy atom. The van der Waals surface area contributed by atoms with Crippen LogP contribution in [0.2, 0.25) is 0 Å². The summed E-state index contributed by atoms with van der Waals surface area (Å²) in [4.78, 5) is 10.0. The molecule has 94 valence electrons. The van der Waals surface area contributed by atoms with Crippen LogP contribution in [0.4, 0.5) is 0 Å². The Bertz CT molecular complexity index is 111. The summed E-state index contributed by atoms with van der Waals surface area (Å²) in [5, 5.41) is 11.2. The number of carbonyl (C=O) groups is 1. The van der Waals surface area contributed by atoms with Crippen LogP contribution < -0.4 is 11.1 Å². The summed E-state index contributed by atoms with van der Waals surface area (Å²) in [5.41, 5.74) is 4.50. The van der Waals surface area contributed by atoms with Crippen LogP contribution in [-0.4, -0.2) is 44.9 Å². The molecule has 5 heteroatoms. The van der Waals surface area contributed by atoms with Crippen molar-refractivity contribution in [3.63, 3.8) is 0 Å². The van der Waals surface area contributed by atoms with Crippen molar-refractivity contribution < 1.29 is 14.6 Å². The van der Waals surface area contributed by atoms with Crippen molar-refractivity contribution in [2.75, 3.05) is 33.9 Å². The first-order chi connectivity index (χ1) is 7.27. The van der Waals surface area contributed by atoms with Crippen LogP contribution in [0.15, 0.2) is 0 Å². The SMILES string of the molecule is CC.CN.COCCCNCCC(=O)O. The Morgan fingerprint density at radius 1 is 1.33 bits per heavy atom. The lowest BCUT2D eigenvalue weighted by atomic mass is 10.4. The van der Waals surface area contributed by atoms with E-state index in [0.29, 0.717) is 6.54 Å². The third kappa shape index (κ3) is 31.8. The maximum absolute atomic E-state index is 10.0. The van der Waals surface area contributed by atoms with Gasteiger partial charge in [0.25, 0.3) is 0 Å². The molecule has 0 radical (unpaired) electrons. The first-order valence-corrected chi connectivity index (χ1v) is 5.26. The van der Waals surface area contributed by atoms with E-state index in [1.165, 1.54) is 7.05 Å². The van der Waals surface area contributed by atoms with Gasteiger partial charge in [0.05, 0.1) is 6.42 Å². The third-order valence-electron chi connectivity index (χ3n) is 1.22. The molecular weight excluding hydrogens is 196 g/mol. The second kappa shape index (κ2) is 23.3. The highest BCUT2D eigenvalue weighted by molar-refractivity contribution is 5.66. The molecule has 0 fully saturated rings. The first kappa shape index (κ1) is 19.9. The van der Waals surface area contributed by atoms with Gasteiger partial charge in [0.1, 0.15) is 0 Å². The van der Waals surface area contributed by atoms with Gasteiger partial charge in [-0.05, 0) is 20.0 Å². The topological polar surface area (TPSA) is 84.6 Å². The highest BCUT2D eigenvalue weighted by Crippen LogP contribution is 1.79. The van der Waals surface area contributed by atoms with Crippen molar-refractivity contribution in [2.24, 2.45) is 5.73 Å². The lowest BCUT2D eigenvalue weighted by Crippen LogP contribution is -2.20. The largest absolute Gasteiger partial charge is 0.481 e.